The number of aromatic nitrogens is 1. The maximum Gasteiger partial charge on any atom is 0.195 e. The molecule has 0 aliphatic rings. The Morgan fingerprint density at radius 3 is 2.69 bits per heavy atom. The minimum Gasteiger partial charge on any atom is -0.619 e. The molecule has 0 aliphatic heterocycles. The third-order valence-electron chi connectivity index (χ3n) is 1.78. The van der Waals surface area contributed by atoms with Crippen LogP contribution in [0.1, 0.15) is 0 Å². The second kappa shape index (κ2) is 3.27. The highest BCUT2D eigenvalue weighted by atomic mass is 79.9. The molecule has 2 nitrogen and oxygen atoms in total. The molecule has 13 heavy (non-hydrogen) atoms. The number of pyridine rings is 1. The number of hydrogen-bond acceptors (Lipinski definition) is 1. The highest BCUT2D eigenvalue weighted by Gasteiger charge is 2.03. The zero-order valence-electron chi connectivity index (χ0n) is 6.50. The lowest BCUT2D eigenvalue weighted by molar-refractivity contribution is -0.604. The largest absolute Gasteiger partial charge is 0.619 e. The van der Waals surface area contributed by atoms with Gasteiger partial charge in [0.1, 0.15) is 0 Å². The van der Waals surface area contributed by atoms with Gasteiger partial charge in [-0.25, -0.2) is 0 Å². The van der Waals surface area contributed by atoms with Crippen molar-refractivity contribution in [1.29, 1.82) is 0 Å². The Morgan fingerprint density at radius 2 is 1.92 bits per heavy atom. The topological polar surface area (TPSA) is 26.9 Å². The summed E-state index contributed by atoms with van der Waals surface area (Å²) < 4.78 is 2.57. The van der Waals surface area contributed by atoms with Crippen LogP contribution in [0.3, 0.4) is 0 Å². The minimum atomic E-state index is 0.791. The maximum atomic E-state index is 11.1. The molecule has 0 saturated carbocycles. The first kappa shape index (κ1) is 8.97. The summed E-state index contributed by atoms with van der Waals surface area (Å²) in [5.74, 6) is 0. The Hall–Kier alpha value is -0.610. The molecule has 0 amide bonds. The molecule has 0 atom stereocenters. The van der Waals surface area contributed by atoms with E-state index in [1.165, 1.54) is 6.20 Å². The maximum absolute atomic E-state index is 11.1. The van der Waals surface area contributed by atoms with Gasteiger partial charge in [0.15, 0.2) is 12.4 Å². The monoisotopic (exact) mass is 301 g/mol. The molecule has 0 fully saturated rings. The van der Waals surface area contributed by atoms with E-state index in [2.05, 4.69) is 31.9 Å². The van der Waals surface area contributed by atoms with Crippen LogP contribution in [0.15, 0.2) is 39.5 Å². The van der Waals surface area contributed by atoms with Crippen molar-refractivity contribution in [1.82, 2.24) is 0 Å². The normalized spacial score (nSPS) is 10.6. The fourth-order valence-electron chi connectivity index (χ4n) is 1.21. The van der Waals surface area contributed by atoms with Gasteiger partial charge in [-0.3, -0.25) is 0 Å². The van der Waals surface area contributed by atoms with E-state index >= 15 is 0 Å². The highest BCUT2D eigenvalue weighted by Crippen LogP contribution is 2.24. The predicted molar refractivity (Wildman–Crippen MR) is 58.3 cm³/mol. The summed E-state index contributed by atoms with van der Waals surface area (Å²) in [5, 5.41) is 13.0. The third-order valence-corrected chi connectivity index (χ3v) is 2.90. The fraction of sp³-hybridized carbons (Fsp3) is 0. The van der Waals surface area contributed by atoms with Gasteiger partial charge in [-0.15, -0.1) is 0 Å². The van der Waals surface area contributed by atoms with Gasteiger partial charge in [0.25, 0.3) is 0 Å². The van der Waals surface area contributed by atoms with E-state index in [9.17, 15) is 5.21 Å². The van der Waals surface area contributed by atoms with Gasteiger partial charge in [-0.1, -0.05) is 22.0 Å². The SMILES string of the molecule is [O-][n+]1cc(Br)c2ccc(Br)cc2c1. The molecule has 0 unspecified atom stereocenters. The van der Waals surface area contributed by atoms with Gasteiger partial charge in [-0.2, -0.15) is 4.73 Å². The van der Waals surface area contributed by atoms with Gasteiger partial charge in [0.05, 0.1) is 4.47 Å². The van der Waals surface area contributed by atoms with Crippen LogP contribution in [-0.2, 0) is 0 Å². The van der Waals surface area contributed by atoms with Gasteiger partial charge in [0.2, 0.25) is 0 Å². The Kier molecular flexibility index (Phi) is 2.26. The van der Waals surface area contributed by atoms with E-state index in [-0.39, 0.29) is 0 Å². The Labute approximate surface area is 92.0 Å². The first-order chi connectivity index (χ1) is 6.16. The highest BCUT2D eigenvalue weighted by molar-refractivity contribution is 9.11. The van der Waals surface area contributed by atoms with Crippen LogP contribution in [0.25, 0.3) is 10.8 Å². The Bertz CT molecular complexity index is 465. The van der Waals surface area contributed by atoms with Crippen molar-refractivity contribution in [3.05, 3.63) is 44.7 Å². The standard InChI is InChI=1S/C9H5Br2NO/c10-7-1-2-8-6(3-7)4-12(13)5-9(8)11/h1-5H. The first-order valence-electron chi connectivity index (χ1n) is 3.64. The van der Waals surface area contributed by atoms with Crippen LogP contribution >= 0.6 is 31.9 Å². The van der Waals surface area contributed by atoms with Crippen LogP contribution < -0.4 is 4.73 Å². The zero-order chi connectivity index (χ0) is 9.42. The molecular formula is C9H5Br2NO. The Morgan fingerprint density at radius 1 is 1.15 bits per heavy atom. The summed E-state index contributed by atoms with van der Waals surface area (Å²) in [5.41, 5.74) is 0. The van der Waals surface area contributed by atoms with E-state index in [0.717, 1.165) is 24.4 Å². The van der Waals surface area contributed by atoms with Crippen LogP contribution in [0.4, 0.5) is 0 Å². The lowest BCUT2D eigenvalue weighted by atomic mass is 10.2. The van der Waals surface area contributed by atoms with Crippen molar-refractivity contribution >= 4 is 42.6 Å². The summed E-state index contributed by atoms with van der Waals surface area (Å²) in [6.07, 6.45) is 3.04. The molecule has 2 aromatic rings. The van der Waals surface area contributed by atoms with Crippen molar-refractivity contribution in [2.24, 2.45) is 0 Å². The first-order valence-corrected chi connectivity index (χ1v) is 5.23. The lowest BCUT2D eigenvalue weighted by Gasteiger charge is -2.01. The summed E-state index contributed by atoms with van der Waals surface area (Å²) in [6.45, 7) is 0. The van der Waals surface area contributed by atoms with E-state index < -0.39 is 0 Å². The van der Waals surface area contributed by atoms with Crippen LogP contribution in [0, 0.1) is 5.21 Å². The molecule has 0 spiro atoms. The van der Waals surface area contributed by atoms with E-state index in [1.807, 2.05) is 18.2 Å². The second-order valence-electron chi connectivity index (χ2n) is 2.70. The van der Waals surface area contributed by atoms with Crippen LogP contribution in [0.2, 0.25) is 0 Å². The van der Waals surface area contributed by atoms with Crippen molar-refractivity contribution in [2.45, 2.75) is 0 Å². The third kappa shape index (κ3) is 1.69. The van der Waals surface area contributed by atoms with E-state index in [0.29, 0.717) is 0 Å². The molecule has 1 aromatic carbocycles. The molecule has 1 aromatic heterocycles. The quantitative estimate of drug-likeness (QED) is 0.543. The predicted octanol–water partition coefficient (Wildman–Crippen LogP) is 3.00. The molecule has 4 heteroatoms. The number of halogens is 2. The number of rotatable bonds is 0. The van der Waals surface area contributed by atoms with Crippen molar-refractivity contribution in [3.8, 4) is 0 Å². The molecular weight excluding hydrogens is 298 g/mol. The molecule has 0 N–H and O–H groups in total. The fourth-order valence-corrected chi connectivity index (χ4v) is 2.16. The summed E-state index contributed by atoms with van der Waals surface area (Å²) in [7, 11) is 0. The molecule has 0 radical (unpaired) electrons. The second-order valence-corrected chi connectivity index (χ2v) is 4.47. The molecule has 0 saturated heterocycles. The zero-order valence-corrected chi connectivity index (χ0v) is 9.67. The van der Waals surface area contributed by atoms with Gasteiger partial charge in [0, 0.05) is 15.2 Å². The van der Waals surface area contributed by atoms with Gasteiger partial charge in [-0.05, 0) is 28.1 Å². The van der Waals surface area contributed by atoms with Gasteiger partial charge >= 0.3 is 0 Å². The van der Waals surface area contributed by atoms with Crippen LogP contribution in [-0.4, -0.2) is 0 Å². The number of hydrogen-bond donors (Lipinski definition) is 0. The number of nitrogens with zero attached hydrogens (tertiary/aromatic N) is 1. The Balaban J connectivity index is 2.86. The molecule has 0 aliphatic carbocycles. The lowest BCUT2D eigenvalue weighted by Crippen LogP contribution is -2.24. The summed E-state index contributed by atoms with van der Waals surface area (Å²) >= 11 is 6.69. The summed E-state index contributed by atoms with van der Waals surface area (Å²) in [4.78, 5) is 0. The number of fused-ring (bicyclic) bond motifs is 1. The van der Waals surface area contributed by atoms with Crippen molar-refractivity contribution in [3.63, 3.8) is 0 Å². The van der Waals surface area contributed by atoms with Crippen molar-refractivity contribution < 1.29 is 4.73 Å². The average Bonchev–Trinajstić information content (AvgIpc) is 2.02. The molecule has 0 bridgehead atoms. The summed E-state index contributed by atoms with van der Waals surface area (Å²) in [6, 6.07) is 5.82. The van der Waals surface area contributed by atoms with Gasteiger partial charge < -0.3 is 5.21 Å². The molecule has 66 valence electrons. The molecule has 1 heterocycles. The molecule has 2 rings (SSSR count). The van der Waals surface area contributed by atoms with Crippen molar-refractivity contribution in [2.75, 3.05) is 0 Å². The average molecular weight is 303 g/mol. The van der Waals surface area contributed by atoms with E-state index in [1.54, 1.807) is 6.20 Å². The van der Waals surface area contributed by atoms with E-state index in [4.69, 9.17) is 0 Å². The smallest absolute Gasteiger partial charge is 0.195 e. The minimum absolute atomic E-state index is 0.791. The number of benzene rings is 1. The van der Waals surface area contributed by atoms with Crippen LogP contribution in [0.5, 0.6) is 0 Å².